The van der Waals surface area contributed by atoms with Crippen LogP contribution in [0.25, 0.3) is 93.9 Å². The number of benzene rings is 10. The van der Waals surface area contributed by atoms with Crippen molar-refractivity contribution in [2.24, 2.45) is 0 Å². The number of rotatable bonds is 8. The van der Waals surface area contributed by atoms with E-state index >= 15 is 0 Å². The number of fused-ring (bicyclic) bond motifs is 6. The van der Waals surface area contributed by atoms with Gasteiger partial charge in [0.05, 0.1) is 11.0 Å². The Hall–Kier alpha value is -8.40. The number of nitrogens with zero attached hydrogens (tertiary/aromatic N) is 2. The van der Waals surface area contributed by atoms with Crippen molar-refractivity contribution >= 4 is 60.8 Å². The summed E-state index contributed by atoms with van der Waals surface area (Å²) in [5, 5.41) is 4.71. The first-order valence-electron chi connectivity index (χ1n) is 21.5. The third kappa shape index (κ3) is 6.46. The predicted molar refractivity (Wildman–Crippen MR) is 264 cm³/mol. The molecule has 0 bridgehead atoms. The predicted octanol–water partition coefficient (Wildman–Crippen LogP) is 16.8. The van der Waals surface area contributed by atoms with Crippen LogP contribution in [0.1, 0.15) is 0 Å². The van der Waals surface area contributed by atoms with Crippen LogP contribution < -0.4 is 4.90 Å². The fourth-order valence-electron chi connectivity index (χ4n) is 9.41. The molecule has 12 rings (SSSR count). The van der Waals surface area contributed by atoms with Gasteiger partial charge in [0.15, 0.2) is 0 Å². The molecule has 0 aliphatic carbocycles. The highest BCUT2D eigenvalue weighted by Gasteiger charge is 2.19. The summed E-state index contributed by atoms with van der Waals surface area (Å²) in [5.74, 6) is 0. The minimum atomic E-state index is 0.877. The Morgan fingerprint density at radius 1 is 0.286 bits per heavy atom. The maximum atomic E-state index is 6.48. The number of para-hydroxylation sites is 4. The van der Waals surface area contributed by atoms with Crippen LogP contribution in [0.15, 0.2) is 247 Å². The average Bonchev–Trinajstić information content (AvgIpc) is 3.90. The molecule has 0 unspecified atom stereocenters. The quantitative estimate of drug-likeness (QED) is 0.153. The summed E-state index contributed by atoms with van der Waals surface area (Å²) >= 11 is 0. The van der Waals surface area contributed by atoms with Crippen LogP contribution in [-0.4, -0.2) is 4.57 Å². The highest BCUT2D eigenvalue weighted by molar-refractivity contribution is 6.11. The molecule has 2 aromatic heterocycles. The molecule has 12 aromatic rings. The molecule has 0 radical (unpaired) electrons. The number of anilines is 3. The van der Waals surface area contributed by atoms with Crippen LogP contribution >= 0.6 is 0 Å². The molecule has 0 spiro atoms. The van der Waals surface area contributed by atoms with Crippen molar-refractivity contribution in [1.82, 2.24) is 4.57 Å². The lowest BCUT2D eigenvalue weighted by Crippen LogP contribution is -2.10. The van der Waals surface area contributed by atoms with Crippen molar-refractivity contribution < 1.29 is 4.42 Å². The van der Waals surface area contributed by atoms with Gasteiger partial charge in [0.2, 0.25) is 0 Å². The maximum Gasteiger partial charge on any atom is 0.136 e. The van der Waals surface area contributed by atoms with Crippen molar-refractivity contribution in [3.63, 3.8) is 0 Å². The lowest BCUT2D eigenvalue weighted by molar-refractivity contribution is 0.669. The first-order valence-corrected chi connectivity index (χ1v) is 21.5. The van der Waals surface area contributed by atoms with Gasteiger partial charge in [-0.1, -0.05) is 152 Å². The smallest absolute Gasteiger partial charge is 0.136 e. The monoisotopic (exact) mass is 804 g/mol. The molecule has 0 saturated carbocycles. The lowest BCUT2D eigenvalue weighted by atomic mass is 9.90. The summed E-state index contributed by atoms with van der Waals surface area (Å²) in [6.45, 7) is 0. The Balaban J connectivity index is 1.03. The fourth-order valence-corrected chi connectivity index (χ4v) is 9.41. The summed E-state index contributed by atoms with van der Waals surface area (Å²) in [7, 11) is 0. The molecule has 296 valence electrons. The van der Waals surface area contributed by atoms with E-state index in [4.69, 9.17) is 4.42 Å². The highest BCUT2D eigenvalue weighted by atomic mass is 16.3. The minimum absolute atomic E-state index is 0.877. The molecule has 0 saturated heterocycles. The Morgan fingerprint density at radius 3 is 1.63 bits per heavy atom. The van der Waals surface area contributed by atoms with E-state index in [1.807, 2.05) is 12.1 Å². The van der Waals surface area contributed by atoms with Crippen molar-refractivity contribution in [2.75, 3.05) is 4.90 Å². The zero-order valence-electron chi connectivity index (χ0n) is 34.4. The third-order valence-corrected chi connectivity index (χ3v) is 12.4. The van der Waals surface area contributed by atoms with Gasteiger partial charge in [0, 0.05) is 44.3 Å². The Morgan fingerprint density at radius 2 is 0.825 bits per heavy atom. The van der Waals surface area contributed by atoms with E-state index in [0.717, 1.165) is 72.5 Å². The van der Waals surface area contributed by atoms with E-state index in [1.165, 1.54) is 38.5 Å². The van der Waals surface area contributed by atoms with Crippen molar-refractivity contribution in [3.8, 4) is 50.2 Å². The van der Waals surface area contributed by atoms with Gasteiger partial charge in [0.25, 0.3) is 0 Å². The number of hydrogen-bond donors (Lipinski definition) is 0. The van der Waals surface area contributed by atoms with Crippen LogP contribution in [0.2, 0.25) is 0 Å². The molecule has 63 heavy (non-hydrogen) atoms. The van der Waals surface area contributed by atoms with Crippen LogP contribution in [0, 0.1) is 0 Å². The van der Waals surface area contributed by atoms with Gasteiger partial charge in [-0.05, 0) is 136 Å². The van der Waals surface area contributed by atoms with E-state index in [0.29, 0.717) is 0 Å². The molecule has 3 nitrogen and oxygen atoms in total. The first-order chi connectivity index (χ1) is 31.2. The van der Waals surface area contributed by atoms with Gasteiger partial charge in [-0.15, -0.1) is 0 Å². The van der Waals surface area contributed by atoms with Crippen molar-refractivity contribution in [2.45, 2.75) is 0 Å². The largest absolute Gasteiger partial charge is 0.456 e. The molecule has 0 aliphatic rings. The van der Waals surface area contributed by atoms with Crippen LogP contribution in [0.5, 0.6) is 0 Å². The molecule has 10 aromatic carbocycles. The zero-order valence-corrected chi connectivity index (χ0v) is 34.4. The summed E-state index contributed by atoms with van der Waals surface area (Å²) < 4.78 is 8.85. The van der Waals surface area contributed by atoms with Crippen molar-refractivity contribution in [3.05, 3.63) is 243 Å². The Labute approximate surface area is 366 Å². The summed E-state index contributed by atoms with van der Waals surface area (Å²) in [4.78, 5) is 2.35. The Bertz CT molecular complexity index is 3620. The van der Waals surface area contributed by atoms with Crippen LogP contribution in [0.4, 0.5) is 17.1 Å². The number of hydrogen-bond acceptors (Lipinski definition) is 2. The standard InChI is InChI=1S/C60H40N2O/c1-4-16-41(17-5-1)42-18-14-24-49(36-42)61(47-20-6-2-7-21-47)50-25-15-19-45(37-50)51-33-30-43(38-55(51)46-31-34-54-53-27-11-13-29-59(53)63-60(54)40-46)44-32-35-58-56(39-44)52-26-10-12-28-57(52)62(58)48-22-8-3-9-23-48/h1-40H. The Kier molecular flexibility index (Phi) is 8.83. The van der Waals surface area contributed by atoms with Gasteiger partial charge in [0.1, 0.15) is 11.2 Å². The second-order valence-electron chi connectivity index (χ2n) is 16.1. The topological polar surface area (TPSA) is 21.3 Å². The van der Waals surface area contributed by atoms with Crippen LogP contribution in [0.3, 0.4) is 0 Å². The first kappa shape index (κ1) is 36.5. The van der Waals surface area contributed by atoms with Gasteiger partial charge in [-0.25, -0.2) is 0 Å². The fraction of sp³-hybridized carbons (Fsp3) is 0. The van der Waals surface area contributed by atoms with E-state index in [9.17, 15) is 0 Å². The molecule has 3 heteroatoms. The molecule has 0 N–H and O–H groups in total. The second-order valence-corrected chi connectivity index (χ2v) is 16.1. The molecule has 0 aliphatic heterocycles. The molecular formula is C60H40N2O. The molecule has 0 atom stereocenters. The molecular weight excluding hydrogens is 765 g/mol. The van der Waals surface area contributed by atoms with Gasteiger partial charge < -0.3 is 13.9 Å². The second kappa shape index (κ2) is 15.3. The molecule has 0 amide bonds. The van der Waals surface area contributed by atoms with Gasteiger partial charge in [-0.3, -0.25) is 0 Å². The van der Waals surface area contributed by atoms with Crippen molar-refractivity contribution in [1.29, 1.82) is 0 Å². The normalized spacial score (nSPS) is 11.5. The maximum absolute atomic E-state index is 6.48. The van der Waals surface area contributed by atoms with E-state index < -0.39 is 0 Å². The van der Waals surface area contributed by atoms with Crippen LogP contribution in [-0.2, 0) is 0 Å². The third-order valence-electron chi connectivity index (χ3n) is 12.4. The van der Waals surface area contributed by atoms with E-state index in [2.05, 4.69) is 240 Å². The average molecular weight is 805 g/mol. The van der Waals surface area contributed by atoms with Gasteiger partial charge >= 0.3 is 0 Å². The molecule has 2 heterocycles. The minimum Gasteiger partial charge on any atom is -0.456 e. The number of furan rings is 1. The highest BCUT2D eigenvalue weighted by Crippen LogP contribution is 2.43. The van der Waals surface area contributed by atoms with E-state index in [-0.39, 0.29) is 0 Å². The molecule has 0 fully saturated rings. The van der Waals surface area contributed by atoms with Gasteiger partial charge in [-0.2, -0.15) is 0 Å². The summed E-state index contributed by atoms with van der Waals surface area (Å²) in [5.41, 5.74) is 17.7. The SMILES string of the molecule is c1ccc(-c2cccc(N(c3ccccc3)c3cccc(-c4ccc(-c5ccc6c(c5)c5ccccc5n6-c5ccccc5)cc4-c4ccc5c(c4)oc4ccccc45)c3)c2)cc1. The van der Waals surface area contributed by atoms with E-state index in [1.54, 1.807) is 0 Å². The summed E-state index contributed by atoms with van der Waals surface area (Å²) in [6.07, 6.45) is 0. The lowest BCUT2D eigenvalue weighted by Gasteiger charge is -2.26. The summed E-state index contributed by atoms with van der Waals surface area (Å²) in [6, 6.07) is 87.2. The number of aromatic nitrogens is 1. The zero-order chi connectivity index (χ0) is 41.7.